The SMILES string of the molecule is CCC(NC(=O)CN1C(=O)CNC1=O)c1cn2cccnc2n1. The van der Waals surface area contributed by atoms with Crippen LogP contribution in [0.5, 0.6) is 0 Å². The summed E-state index contributed by atoms with van der Waals surface area (Å²) in [5.74, 6) is -0.272. The largest absolute Gasteiger partial charge is 0.346 e. The Morgan fingerprint density at radius 1 is 1.48 bits per heavy atom. The zero-order chi connectivity index (χ0) is 16.4. The molecule has 0 spiro atoms. The molecule has 1 saturated heterocycles. The number of imide groups is 1. The van der Waals surface area contributed by atoms with Gasteiger partial charge in [0.1, 0.15) is 6.54 Å². The van der Waals surface area contributed by atoms with E-state index >= 15 is 0 Å². The average Bonchev–Trinajstić information content (AvgIpc) is 3.10. The van der Waals surface area contributed by atoms with Gasteiger partial charge in [0, 0.05) is 18.6 Å². The van der Waals surface area contributed by atoms with Crippen molar-refractivity contribution in [2.75, 3.05) is 13.1 Å². The van der Waals surface area contributed by atoms with E-state index in [-0.39, 0.29) is 19.1 Å². The molecule has 2 aromatic heterocycles. The van der Waals surface area contributed by atoms with E-state index in [1.807, 2.05) is 13.1 Å². The molecule has 2 N–H and O–H groups in total. The lowest BCUT2D eigenvalue weighted by molar-refractivity contribution is -0.131. The highest BCUT2D eigenvalue weighted by atomic mass is 16.2. The van der Waals surface area contributed by atoms with E-state index in [0.29, 0.717) is 17.9 Å². The molecule has 2 aromatic rings. The van der Waals surface area contributed by atoms with E-state index in [2.05, 4.69) is 20.6 Å². The minimum atomic E-state index is -0.546. The molecule has 1 unspecified atom stereocenters. The number of amides is 4. The standard InChI is InChI=1S/C14H16N6O3/c1-2-9(10-7-19-5-3-4-15-13(19)18-10)17-11(21)8-20-12(22)6-16-14(20)23/h3-5,7,9H,2,6,8H2,1H3,(H,16,23)(H,17,21). The van der Waals surface area contributed by atoms with E-state index in [0.717, 1.165) is 4.90 Å². The highest BCUT2D eigenvalue weighted by Crippen LogP contribution is 2.16. The van der Waals surface area contributed by atoms with Gasteiger partial charge in [0.25, 0.3) is 5.91 Å². The van der Waals surface area contributed by atoms with Crippen molar-refractivity contribution in [3.63, 3.8) is 0 Å². The van der Waals surface area contributed by atoms with Gasteiger partial charge in [-0.2, -0.15) is 0 Å². The second kappa shape index (κ2) is 6.03. The molecule has 4 amide bonds. The first-order valence-corrected chi connectivity index (χ1v) is 7.25. The topological polar surface area (TPSA) is 109 Å². The van der Waals surface area contributed by atoms with Gasteiger partial charge < -0.3 is 10.6 Å². The molecule has 1 atom stereocenters. The Bertz CT molecular complexity index is 722. The van der Waals surface area contributed by atoms with E-state index < -0.39 is 17.8 Å². The maximum Gasteiger partial charge on any atom is 0.325 e. The Morgan fingerprint density at radius 2 is 2.30 bits per heavy atom. The van der Waals surface area contributed by atoms with Crippen molar-refractivity contribution in [2.45, 2.75) is 19.4 Å². The van der Waals surface area contributed by atoms with Crippen LogP contribution in [0.3, 0.4) is 0 Å². The molecule has 1 fully saturated rings. The second-order valence-electron chi connectivity index (χ2n) is 5.16. The normalized spacial score (nSPS) is 15.8. The van der Waals surface area contributed by atoms with Crippen LogP contribution in [0, 0.1) is 0 Å². The molecule has 0 aliphatic carbocycles. The van der Waals surface area contributed by atoms with Crippen molar-refractivity contribution in [1.82, 2.24) is 29.9 Å². The van der Waals surface area contributed by atoms with Crippen molar-refractivity contribution in [1.29, 1.82) is 0 Å². The van der Waals surface area contributed by atoms with Gasteiger partial charge in [-0.05, 0) is 12.5 Å². The highest BCUT2D eigenvalue weighted by molar-refractivity contribution is 6.04. The zero-order valence-electron chi connectivity index (χ0n) is 12.5. The highest BCUT2D eigenvalue weighted by Gasteiger charge is 2.30. The molecule has 1 aliphatic heterocycles. The molecule has 9 heteroatoms. The third-order valence-corrected chi connectivity index (χ3v) is 3.59. The van der Waals surface area contributed by atoms with Gasteiger partial charge >= 0.3 is 6.03 Å². The Labute approximate surface area is 131 Å². The van der Waals surface area contributed by atoms with Crippen LogP contribution in [-0.4, -0.2) is 50.2 Å². The molecule has 9 nitrogen and oxygen atoms in total. The van der Waals surface area contributed by atoms with Crippen molar-refractivity contribution >= 4 is 23.6 Å². The monoisotopic (exact) mass is 316 g/mol. The third-order valence-electron chi connectivity index (χ3n) is 3.59. The van der Waals surface area contributed by atoms with Crippen LogP contribution in [0.15, 0.2) is 24.7 Å². The predicted molar refractivity (Wildman–Crippen MR) is 79.3 cm³/mol. The summed E-state index contributed by atoms with van der Waals surface area (Å²) in [4.78, 5) is 44.5. The number of imidazole rings is 1. The van der Waals surface area contributed by atoms with Crippen LogP contribution in [0.4, 0.5) is 4.79 Å². The number of aromatic nitrogens is 3. The number of fused-ring (bicyclic) bond motifs is 1. The van der Waals surface area contributed by atoms with Gasteiger partial charge in [0.05, 0.1) is 18.3 Å². The van der Waals surface area contributed by atoms with E-state index in [4.69, 9.17) is 0 Å². The molecule has 0 aromatic carbocycles. The molecule has 23 heavy (non-hydrogen) atoms. The molecule has 0 radical (unpaired) electrons. The molecule has 1 aliphatic rings. The Balaban J connectivity index is 1.70. The van der Waals surface area contributed by atoms with E-state index in [1.165, 1.54) is 0 Å². The lowest BCUT2D eigenvalue weighted by Gasteiger charge is -2.17. The summed E-state index contributed by atoms with van der Waals surface area (Å²) in [7, 11) is 0. The smallest absolute Gasteiger partial charge is 0.325 e. The fourth-order valence-corrected chi connectivity index (χ4v) is 2.40. The van der Waals surface area contributed by atoms with Gasteiger partial charge in [-0.15, -0.1) is 0 Å². The number of hydrogen-bond acceptors (Lipinski definition) is 5. The first kappa shape index (κ1) is 14.9. The van der Waals surface area contributed by atoms with E-state index in [9.17, 15) is 14.4 Å². The average molecular weight is 316 g/mol. The van der Waals surface area contributed by atoms with Gasteiger partial charge in [0.2, 0.25) is 11.7 Å². The molecule has 0 saturated carbocycles. The maximum absolute atomic E-state index is 12.1. The van der Waals surface area contributed by atoms with Crippen LogP contribution in [-0.2, 0) is 9.59 Å². The zero-order valence-corrected chi connectivity index (χ0v) is 12.5. The molecular weight excluding hydrogens is 300 g/mol. The minimum Gasteiger partial charge on any atom is -0.346 e. The number of rotatable bonds is 5. The van der Waals surface area contributed by atoms with Crippen molar-refractivity contribution < 1.29 is 14.4 Å². The molecule has 3 heterocycles. The summed E-state index contributed by atoms with van der Waals surface area (Å²) in [6, 6.07) is 0.926. The maximum atomic E-state index is 12.1. The van der Waals surface area contributed by atoms with Crippen molar-refractivity contribution in [3.8, 4) is 0 Å². The third kappa shape index (κ3) is 2.98. The van der Waals surface area contributed by atoms with Crippen LogP contribution >= 0.6 is 0 Å². The minimum absolute atomic E-state index is 0.0680. The fraction of sp³-hybridized carbons (Fsp3) is 0.357. The van der Waals surface area contributed by atoms with E-state index in [1.54, 1.807) is 22.9 Å². The lowest BCUT2D eigenvalue weighted by Crippen LogP contribution is -2.42. The number of carbonyl (C=O) groups is 3. The Morgan fingerprint density at radius 3 is 2.96 bits per heavy atom. The Kier molecular flexibility index (Phi) is 3.92. The van der Waals surface area contributed by atoms with Crippen molar-refractivity contribution in [2.24, 2.45) is 0 Å². The summed E-state index contributed by atoms with van der Waals surface area (Å²) >= 11 is 0. The number of hydrogen-bond donors (Lipinski definition) is 2. The van der Waals surface area contributed by atoms with Crippen LogP contribution in [0.25, 0.3) is 5.78 Å². The second-order valence-corrected chi connectivity index (χ2v) is 5.16. The van der Waals surface area contributed by atoms with Gasteiger partial charge in [-0.25, -0.2) is 14.8 Å². The molecule has 3 rings (SSSR count). The van der Waals surface area contributed by atoms with Crippen LogP contribution in [0.2, 0.25) is 0 Å². The van der Waals surface area contributed by atoms with Gasteiger partial charge in [-0.1, -0.05) is 6.92 Å². The van der Waals surface area contributed by atoms with Gasteiger partial charge in [0.15, 0.2) is 0 Å². The van der Waals surface area contributed by atoms with Crippen LogP contribution in [0.1, 0.15) is 25.1 Å². The summed E-state index contributed by atoms with van der Waals surface area (Å²) in [6.07, 6.45) is 5.88. The Hall–Kier alpha value is -2.97. The first-order chi connectivity index (χ1) is 11.1. The predicted octanol–water partition coefficient (Wildman–Crippen LogP) is -0.152. The summed E-state index contributed by atoms with van der Waals surface area (Å²) in [6.45, 7) is 1.55. The fourth-order valence-electron chi connectivity index (χ4n) is 2.40. The quantitative estimate of drug-likeness (QED) is 0.746. The molecule has 120 valence electrons. The summed E-state index contributed by atoms with van der Waals surface area (Å²) in [5, 5.41) is 5.17. The van der Waals surface area contributed by atoms with Crippen molar-refractivity contribution in [3.05, 3.63) is 30.4 Å². The number of nitrogens with zero attached hydrogens (tertiary/aromatic N) is 4. The summed E-state index contributed by atoms with van der Waals surface area (Å²) < 4.78 is 1.77. The molecular formula is C14H16N6O3. The number of urea groups is 1. The summed E-state index contributed by atoms with van der Waals surface area (Å²) in [5.41, 5.74) is 0.678. The number of nitrogens with one attached hydrogen (secondary N) is 2. The van der Waals surface area contributed by atoms with Gasteiger partial charge in [-0.3, -0.25) is 18.9 Å². The first-order valence-electron chi connectivity index (χ1n) is 7.25. The van der Waals surface area contributed by atoms with Crippen LogP contribution < -0.4 is 10.6 Å². The lowest BCUT2D eigenvalue weighted by atomic mass is 10.1. The number of carbonyl (C=O) groups excluding carboxylic acids is 3. The molecule has 0 bridgehead atoms.